The van der Waals surface area contributed by atoms with Crippen LogP contribution in [0.5, 0.6) is 0 Å². The van der Waals surface area contributed by atoms with Crippen LogP contribution in [0.4, 0.5) is 20.2 Å². The molecule has 1 atom stereocenters. The quantitative estimate of drug-likeness (QED) is 0.221. The first-order chi connectivity index (χ1) is 14.8. The van der Waals surface area contributed by atoms with E-state index < -0.39 is 51.3 Å². The molecule has 156 valence electrons. The molecule has 1 unspecified atom stereocenters. The average Bonchev–Trinajstić information content (AvgIpc) is 3.35. The van der Waals surface area contributed by atoms with Gasteiger partial charge in [0.1, 0.15) is 29.2 Å². The van der Waals surface area contributed by atoms with Gasteiger partial charge in [0.25, 0.3) is 17.4 Å². The Balaban J connectivity index is 1.94. The molecule has 4 rings (SSSR count). The lowest BCUT2D eigenvalue weighted by molar-refractivity contribution is -0.384. The summed E-state index contributed by atoms with van der Waals surface area (Å²) in [7, 11) is 0. The Labute approximate surface area is 172 Å². The predicted octanol–water partition coefficient (Wildman–Crippen LogP) is 4.09. The molecular weight excluding hydrogens is 414 g/mol. The maximum Gasteiger partial charge on any atom is 0.300 e. The van der Waals surface area contributed by atoms with Gasteiger partial charge in [0, 0.05) is 23.8 Å². The van der Waals surface area contributed by atoms with E-state index in [0.29, 0.717) is 6.07 Å². The van der Waals surface area contributed by atoms with Crippen LogP contribution in [0.1, 0.15) is 17.4 Å². The number of anilines is 1. The van der Waals surface area contributed by atoms with Crippen LogP contribution in [0.25, 0.3) is 5.76 Å². The number of aliphatic hydroxyl groups excluding tert-OH is 1. The minimum atomic E-state index is -1.38. The van der Waals surface area contributed by atoms with Crippen LogP contribution in [0.2, 0.25) is 0 Å². The molecule has 31 heavy (non-hydrogen) atoms. The highest BCUT2D eigenvalue weighted by molar-refractivity contribution is 6.51. The lowest BCUT2D eigenvalue weighted by atomic mass is 9.99. The summed E-state index contributed by atoms with van der Waals surface area (Å²) in [5, 5.41) is 21.9. The summed E-state index contributed by atoms with van der Waals surface area (Å²) in [6.07, 6.45) is 1.25. The van der Waals surface area contributed by atoms with Crippen molar-refractivity contribution in [3.8, 4) is 0 Å². The molecule has 10 heteroatoms. The molecule has 0 bridgehead atoms. The molecule has 1 aromatic heterocycles. The van der Waals surface area contributed by atoms with Gasteiger partial charge < -0.3 is 9.52 Å². The van der Waals surface area contributed by atoms with Crippen LogP contribution in [-0.4, -0.2) is 21.7 Å². The molecule has 8 nitrogen and oxygen atoms in total. The molecule has 0 spiro atoms. The summed E-state index contributed by atoms with van der Waals surface area (Å²) in [4.78, 5) is 36.7. The van der Waals surface area contributed by atoms with Gasteiger partial charge in [-0.15, -0.1) is 0 Å². The molecule has 2 heterocycles. The number of Topliss-reactive ketones (excluding diaryl/α,β-unsaturated/α-hetero) is 1. The highest BCUT2D eigenvalue weighted by atomic mass is 19.1. The predicted molar refractivity (Wildman–Crippen MR) is 103 cm³/mol. The second-order valence-corrected chi connectivity index (χ2v) is 6.59. The van der Waals surface area contributed by atoms with Gasteiger partial charge in [0.15, 0.2) is 0 Å². The number of benzene rings is 2. The van der Waals surface area contributed by atoms with Crippen molar-refractivity contribution in [2.45, 2.75) is 6.04 Å². The van der Waals surface area contributed by atoms with Crippen LogP contribution >= 0.6 is 0 Å². The zero-order valence-electron chi connectivity index (χ0n) is 15.5. The fourth-order valence-electron chi connectivity index (χ4n) is 3.40. The number of nitro benzene ring substituents is 1. The molecule has 2 aromatic carbocycles. The van der Waals surface area contributed by atoms with Crippen molar-refractivity contribution in [2.75, 3.05) is 4.90 Å². The van der Waals surface area contributed by atoms with E-state index in [1.807, 2.05) is 0 Å². The van der Waals surface area contributed by atoms with Gasteiger partial charge in [-0.3, -0.25) is 24.6 Å². The maximum absolute atomic E-state index is 14.5. The van der Waals surface area contributed by atoms with E-state index in [2.05, 4.69) is 0 Å². The topological polar surface area (TPSA) is 114 Å². The van der Waals surface area contributed by atoms with Crippen LogP contribution in [0.15, 0.2) is 70.9 Å². The highest BCUT2D eigenvalue weighted by Gasteiger charge is 2.49. The van der Waals surface area contributed by atoms with Crippen molar-refractivity contribution in [3.63, 3.8) is 0 Å². The number of aliphatic hydroxyl groups is 1. The zero-order valence-corrected chi connectivity index (χ0v) is 15.5. The van der Waals surface area contributed by atoms with E-state index >= 15 is 0 Å². The van der Waals surface area contributed by atoms with E-state index in [0.717, 1.165) is 23.1 Å². The molecule has 0 radical (unpaired) electrons. The molecule has 1 fully saturated rings. The van der Waals surface area contributed by atoms with Crippen molar-refractivity contribution in [3.05, 3.63) is 99.5 Å². The van der Waals surface area contributed by atoms with Gasteiger partial charge in [-0.25, -0.2) is 8.78 Å². The second kappa shape index (κ2) is 7.48. The third kappa shape index (κ3) is 3.33. The third-order valence-electron chi connectivity index (χ3n) is 4.76. The van der Waals surface area contributed by atoms with E-state index in [1.54, 1.807) is 0 Å². The lowest BCUT2D eigenvalue weighted by Gasteiger charge is -2.23. The lowest BCUT2D eigenvalue weighted by Crippen LogP contribution is -2.30. The molecule has 1 aliphatic rings. The fraction of sp³-hybridized carbons (Fsp3) is 0.0476. The minimum Gasteiger partial charge on any atom is -0.507 e. The summed E-state index contributed by atoms with van der Waals surface area (Å²) in [5.41, 5.74) is -1.30. The summed E-state index contributed by atoms with van der Waals surface area (Å²) >= 11 is 0. The monoisotopic (exact) mass is 426 g/mol. The second-order valence-electron chi connectivity index (χ2n) is 6.59. The standard InChI is InChI=1S/C21H12F2N2O6/c22-12-6-7-15(14(23)10-12)24-18(16-5-2-8-31-16)17(20(27)21(24)28)19(26)11-3-1-4-13(9-11)25(29)30/h1-10,18,26H/b19-17-. The maximum atomic E-state index is 14.5. The van der Waals surface area contributed by atoms with E-state index in [1.165, 1.54) is 36.6 Å². The van der Waals surface area contributed by atoms with E-state index in [-0.39, 0.29) is 17.0 Å². The van der Waals surface area contributed by atoms with Crippen molar-refractivity contribution in [2.24, 2.45) is 0 Å². The highest BCUT2D eigenvalue weighted by Crippen LogP contribution is 2.43. The smallest absolute Gasteiger partial charge is 0.300 e. The van der Waals surface area contributed by atoms with Crippen LogP contribution in [0.3, 0.4) is 0 Å². The van der Waals surface area contributed by atoms with Gasteiger partial charge in [-0.05, 0) is 24.3 Å². The summed E-state index contributed by atoms with van der Waals surface area (Å²) in [6.45, 7) is 0. The molecule has 1 aliphatic heterocycles. The summed E-state index contributed by atoms with van der Waals surface area (Å²) < 4.78 is 33.2. The third-order valence-corrected chi connectivity index (χ3v) is 4.76. The fourth-order valence-corrected chi connectivity index (χ4v) is 3.40. The molecule has 0 aliphatic carbocycles. The van der Waals surface area contributed by atoms with Gasteiger partial charge in [-0.2, -0.15) is 0 Å². The van der Waals surface area contributed by atoms with Crippen LogP contribution in [-0.2, 0) is 9.59 Å². The van der Waals surface area contributed by atoms with Crippen molar-refractivity contribution < 1.29 is 32.8 Å². The number of furan rings is 1. The zero-order chi connectivity index (χ0) is 22.3. The van der Waals surface area contributed by atoms with Crippen molar-refractivity contribution in [1.29, 1.82) is 0 Å². The van der Waals surface area contributed by atoms with Gasteiger partial charge >= 0.3 is 0 Å². The molecule has 1 saturated heterocycles. The Bertz CT molecular complexity index is 1250. The molecular formula is C21H12F2N2O6. The van der Waals surface area contributed by atoms with Gasteiger partial charge in [-0.1, -0.05) is 12.1 Å². The number of halogens is 2. The Kier molecular flexibility index (Phi) is 4.82. The van der Waals surface area contributed by atoms with Crippen molar-refractivity contribution >= 4 is 28.8 Å². The van der Waals surface area contributed by atoms with Gasteiger partial charge in [0.2, 0.25) is 0 Å². The van der Waals surface area contributed by atoms with Crippen LogP contribution < -0.4 is 4.90 Å². The van der Waals surface area contributed by atoms with Gasteiger partial charge in [0.05, 0.1) is 22.4 Å². The molecule has 0 saturated carbocycles. The molecule has 1 amide bonds. The van der Waals surface area contributed by atoms with Crippen LogP contribution in [0, 0.1) is 21.7 Å². The Hall–Kier alpha value is -4.34. The number of carbonyl (C=O) groups is 2. The Morgan fingerprint density at radius 3 is 2.52 bits per heavy atom. The largest absolute Gasteiger partial charge is 0.507 e. The number of nitro groups is 1. The Morgan fingerprint density at radius 2 is 1.87 bits per heavy atom. The number of rotatable bonds is 4. The Morgan fingerprint density at radius 1 is 1.10 bits per heavy atom. The van der Waals surface area contributed by atoms with E-state index in [4.69, 9.17) is 4.42 Å². The summed E-state index contributed by atoms with van der Waals surface area (Å²) in [6, 6.07) is 8.76. The number of ketones is 1. The average molecular weight is 426 g/mol. The number of nitrogens with zero attached hydrogens (tertiary/aromatic N) is 2. The minimum absolute atomic E-state index is 0.0231. The summed E-state index contributed by atoms with van der Waals surface area (Å²) in [5.74, 6) is -5.01. The molecule has 3 aromatic rings. The SMILES string of the molecule is O=C1C(=O)N(c2ccc(F)cc2F)C(c2ccco2)/C1=C(/O)c1cccc([N+](=O)[O-])c1. The molecule has 1 N–H and O–H groups in total. The first kappa shape index (κ1) is 20.0. The number of non-ortho nitro benzene ring substituents is 1. The first-order valence-electron chi connectivity index (χ1n) is 8.84. The number of hydrogen-bond donors (Lipinski definition) is 1. The van der Waals surface area contributed by atoms with Crippen molar-refractivity contribution in [1.82, 2.24) is 0 Å². The van der Waals surface area contributed by atoms with E-state index in [9.17, 15) is 33.6 Å². The first-order valence-corrected chi connectivity index (χ1v) is 8.84. The normalized spacial score (nSPS) is 17.9. The number of amides is 1. The number of carbonyl (C=O) groups excluding carboxylic acids is 2. The number of hydrogen-bond acceptors (Lipinski definition) is 6.